The van der Waals surface area contributed by atoms with E-state index < -0.39 is 4.92 Å². The van der Waals surface area contributed by atoms with Gasteiger partial charge in [0, 0.05) is 12.6 Å². The maximum Gasteiger partial charge on any atom is 0.293 e. The minimum atomic E-state index is -0.501. The number of nitrogens with one attached hydrogen (secondary N) is 1. The minimum absolute atomic E-state index is 0.0883. The minimum Gasteiger partial charge on any atom is -0.374 e. The first kappa shape index (κ1) is 13.3. The molecule has 6 heteroatoms. The molecule has 0 aliphatic rings. The highest BCUT2D eigenvalue weighted by atomic mass is 35.5. The smallest absolute Gasteiger partial charge is 0.293 e. The number of rotatable bonds is 4. The molecular weight excluding hydrogens is 271 g/mol. The Morgan fingerprint density at radius 2 is 1.89 bits per heavy atom. The number of anilines is 1. The summed E-state index contributed by atoms with van der Waals surface area (Å²) in [6.07, 6.45) is 0. The van der Waals surface area contributed by atoms with Gasteiger partial charge in [0.1, 0.15) is 11.5 Å². The van der Waals surface area contributed by atoms with E-state index in [-0.39, 0.29) is 22.2 Å². The second-order valence-electron chi connectivity index (χ2n) is 3.87. The van der Waals surface area contributed by atoms with Crippen molar-refractivity contribution >= 4 is 23.0 Å². The molecular formula is C13H10ClFN2O2. The van der Waals surface area contributed by atoms with E-state index in [1.165, 1.54) is 24.3 Å². The van der Waals surface area contributed by atoms with Crippen LogP contribution in [-0.2, 0) is 6.54 Å². The van der Waals surface area contributed by atoms with E-state index in [0.717, 1.165) is 5.56 Å². The van der Waals surface area contributed by atoms with Gasteiger partial charge >= 0.3 is 0 Å². The molecule has 0 radical (unpaired) electrons. The second-order valence-corrected chi connectivity index (χ2v) is 4.28. The van der Waals surface area contributed by atoms with Gasteiger partial charge < -0.3 is 5.32 Å². The molecule has 0 aromatic heterocycles. The first-order valence-corrected chi connectivity index (χ1v) is 5.87. The van der Waals surface area contributed by atoms with Gasteiger partial charge in [-0.1, -0.05) is 29.8 Å². The van der Waals surface area contributed by atoms with Crippen molar-refractivity contribution in [2.45, 2.75) is 6.54 Å². The van der Waals surface area contributed by atoms with Gasteiger partial charge in [0.15, 0.2) is 0 Å². The van der Waals surface area contributed by atoms with Crippen LogP contribution in [0.1, 0.15) is 5.56 Å². The van der Waals surface area contributed by atoms with Crippen LogP contribution in [0.4, 0.5) is 15.8 Å². The highest BCUT2D eigenvalue weighted by Gasteiger charge is 2.15. The van der Waals surface area contributed by atoms with Crippen LogP contribution < -0.4 is 5.32 Å². The fourth-order valence-electron chi connectivity index (χ4n) is 1.63. The summed E-state index contributed by atoms with van der Waals surface area (Å²) >= 11 is 5.94. The van der Waals surface area contributed by atoms with Gasteiger partial charge in [-0.3, -0.25) is 10.1 Å². The number of hydrogen-bond donors (Lipinski definition) is 1. The number of halogens is 2. The first-order chi connectivity index (χ1) is 9.08. The van der Waals surface area contributed by atoms with Crippen LogP contribution in [0.3, 0.4) is 0 Å². The molecule has 2 aromatic carbocycles. The molecule has 0 fully saturated rings. The molecule has 0 unspecified atom stereocenters. The third kappa shape index (κ3) is 3.20. The van der Waals surface area contributed by atoms with Crippen LogP contribution in [0, 0.1) is 15.9 Å². The second kappa shape index (κ2) is 5.67. The van der Waals surface area contributed by atoms with E-state index in [9.17, 15) is 14.5 Å². The van der Waals surface area contributed by atoms with Gasteiger partial charge in [0.05, 0.1) is 9.95 Å². The first-order valence-electron chi connectivity index (χ1n) is 5.49. The molecule has 0 bridgehead atoms. The summed E-state index contributed by atoms with van der Waals surface area (Å²) in [4.78, 5) is 10.4. The Kier molecular flexibility index (Phi) is 3.97. The summed E-state index contributed by atoms with van der Waals surface area (Å²) in [6.45, 7) is 0.324. The predicted molar refractivity (Wildman–Crippen MR) is 71.8 cm³/mol. The highest BCUT2D eigenvalue weighted by Crippen LogP contribution is 2.32. The summed E-state index contributed by atoms with van der Waals surface area (Å²) < 4.78 is 12.8. The lowest BCUT2D eigenvalue weighted by Crippen LogP contribution is -2.03. The Bertz CT molecular complexity index is 602. The predicted octanol–water partition coefficient (Wildman–Crippen LogP) is 4.00. The van der Waals surface area contributed by atoms with Gasteiger partial charge in [0.2, 0.25) is 0 Å². The Hall–Kier alpha value is -2.14. The third-order valence-corrected chi connectivity index (χ3v) is 2.89. The van der Waals surface area contributed by atoms with E-state index in [1.54, 1.807) is 18.2 Å². The van der Waals surface area contributed by atoms with Crippen molar-refractivity contribution in [3.63, 3.8) is 0 Å². The van der Waals surface area contributed by atoms with Crippen molar-refractivity contribution in [1.82, 2.24) is 0 Å². The Balaban J connectivity index is 2.19. The molecule has 0 amide bonds. The van der Waals surface area contributed by atoms with Crippen LogP contribution >= 0.6 is 11.6 Å². The number of benzene rings is 2. The van der Waals surface area contributed by atoms with Crippen molar-refractivity contribution in [1.29, 1.82) is 0 Å². The fraction of sp³-hybridized carbons (Fsp3) is 0.0769. The molecule has 1 N–H and O–H groups in total. The summed E-state index contributed by atoms with van der Waals surface area (Å²) in [6, 6.07) is 10.3. The molecule has 19 heavy (non-hydrogen) atoms. The maximum absolute atomic E-state index is 12.8. The molecule has 0 aliphatic heterocycles. The number of para-hydroxylation sites is 1. The molecule has 0 spiro atoms. The number of nitro groups is 1. The van der Waals surface area contributed by atoms with E-state index in [4.69, 9.17) is 11.6 Å². The zero-order valence-corrected chi connectivity index (χ0v) is 10.5. The van der Waals surface area contributed by atoms with Crippen molar-refractivity contribution in [2.75, 3.05) is 5.32 Å². The highest BCUT2D eigenvalue weighted by molar-refractivity contribution is 6.33. The van der Waals surface area contributed by atoms with Gasteiger partial charge in [-0.15, -0.1) is 0 Å². The SMILES string of the molecule is O=[N+]([O-])c1cccc(Cl)c1NCc1ccc(F)cc1. The Labute approximate surface area is 114 Å². The number of nitrogens with zero attached hydrogens (tertiary/aromatic N) is 1. The van der Waals surface area contributed by atoms with Crippen LogP contribution in [0.5, 0.6) is 0 Å². The molecule has 0 heterocycles. The molecule has 0 saturated heterocycles. The topological polar surface area (TPSA) is 55.2 Å². The zero-order chi connectivity index (χ0) is 13.8. The summed E-state index contributed by atoms with van der Waals surface area (Å²) in [7, 11) is 0. The molecule has 0 atom stereocenters. The maximum atomic E-state index is 12.8. The molecule has 98 valence electrons. The number of hydrogen-bond acceptors (Lipinski definition) is 3. The van der Waals surface area contributed by atoms with Gasteiger partial charge in [0.25, 0.3) is 5.69 Å². The molecule has 2 aromatic rings. The third-order valence-electron chi connectivity index (χ3n) is 2.57. The van der Waals surface area contributed by atoms with E-state index in [2.05, 4.69) is 5.32 Å². The summed E-state index contributed by atoms with van der Waals surface area (Å²) in [5, 5.41) is 14.1. The Morgan fingerprint density at radius 3 is 2.53 bits per heavy atom. The fourth-order valence-corrected chi connectivity index (χ4v) is 1.87. The molecule has 0 aliphatic carbocycles. The van der Waals surface area contributed by atoms with Crippen molar-refractivity contribution < 1.29 is 9.31 Å². The van der Waals surface area contributed by atoms with E-state index in [0.29, 0.717) is 6.54 Å². The monoisotopic (exact) mass is 280 g/mol. The average molecular weight is 281 g/mol. The van der Waals surface area contributed by atoms with Gasteiger partial charge in [-0.05, 0) is 23.8 Å². The standard InChI is InChI=1S/C13H10ClFN2O2/c14-11-2-1-3-12(17(18)19)13(11)16-8-9-4-6-10(15)7-5-9/h1-7,16H,8H2. The van der Waals surface area contributed by atoms with Crippen LogP contribution in [0.25, 0.3) is 0 Å². The zero-order valence-electron chi connectivity index (χ0n) is 9.77. The van der Waals surface area contributed by atoms with Gasteiger partial charge in [-0.2, -0.15) is 0 Å². The normalized spacial score (nSPS) is 10.2. The summed E-state index contributed by atoms with van der Waals surface area (Å²) in [5.41, 5.74) is 0.976. The van der Waals surface area contributed by atoms with E-state index >= 15 is 0 Å². The summed E-state index contributed by atoms with van der Waals surface area (Å²) in [5.74, 6) is -0.326. The van der Waals surface area contributed by atoms with Crippen LogP contribution in [0.2, 0.25) is 5.02 Å². The quantitative estimate of drug-likeness (QED) is 0.680. The van der Waals surface area contributed by atoms with Crippen LogP contribution in [-0.4, -0.2) is 4.92 Å². The lowest BCUT2D eigenvalue weighted by molar-refractivity contribution is -0.383. The van der Waals surface area contributed by atoms with Gasteiger partial charge in [-0.25, -0.2) is 4.39 Å². The molecule has 2 rings (SSSR count). The lowest BCUT2D eigenvalue weighted by Gasteiger charge is -2.08. The average Bonchev–Trinajstić information content (AvgIpc) is 2.39. The largest absolute Gasteiger partial charge is 0.374 e. The van der Waals surface area contributed by atoms with Crippen LogP contribution in [0.15, 0.2) is 42.5 Å². The van der Waals surface area contributed by atoms with Crippen molar-refractivity contribution in [3.8, 4) is 0 Å². The van der Waals surface area contributed by atoms with Crippen molar-refractivity contribution in [3.05, 3.63) is 69.0 Å². The van der Waals surface area contributed by atoms with Crippen molar-refractivity contribution in [2.24, 2.45) is 0 Å². The van der Waals surface area contributed by atoms with E-state index in [1.807, 2.05) is 0 Å². The molecule has 0 saturated carbocycles. The lowest BCUT2D eigenvalue weighted by atomic mass is 10.2. The molecule has 4 nitrogen and oxygen atoms in total. The Morgan fingerprint density at radius 1 is 1.21 bits per heavy atom. The number of nitro benzene ring substituents is 1.